The molecule has 2 rings (SSSR count). The topological polar surface area (TPSA) is 78.5 Å². The van der Waals surface area contributed by atoms with Crippen molar-refractivity contribution >= 4 is 17.7 Å². The van der Waals surface area contributed by atoms with Crippen LogP contribution in [0.3, 0.4) is 0 Å². The third kappa shape index (κ3) is 3.89. The van der Waals surface area contributed by atoms with Crippen LogP contribution in [0.2, 0.25) is 0 Å². The van der Waals surface area contributed by atoms with E-state index in [0.29, 0.717) is 19.4 Å². The summed E-state index contributed by atoms with van der Waals surface area (Å²) in [4.78, 5) is 39.4. The zero-order valence-electron chi connectivity index (χ0n) is 16.3. The highest BCUT2D eigenvalue weighted by Crippen LogP contribution is 2.35. The normalized spacial score (nSPS) is 20.7. The molecule has 1 heterocycles. The standard InChI is InChI=1S/C20H29N3O3/c1-14(22-17(25)19(2,3)4)16(24)23-12-11-20(23,18(26)21-5)13-15-9-7-6-8-10-15/h6-10,14H,11-13H2,1-5H3,(H,21,26)(H,22,25)/t14-,20+/m0/s1. The number of amides is 3. The Hall–Kier alpha value is -2.37. The van der Waals surface area contributed by atoms with E-state index < -0.39 is 17.0 Å². The Morgan fingerprint density at radius 2 is 1.81 bits per heavy atom. The second-order valence-electron chi connectivity index (χ2n) is 7.96. The van der Waals surface area contributed by atoms with Gasteiger partial charge in [-0.25, -0.2) is 0 Å². The zero-order valence-corrected chi connectivity index (χ0v) is 16.3. The van der Waals surface area contributed by atoms with Crippen LogP contribution in [0.5, 0.6) is 0 Å². The summed E-state index contributed by atoms with van der Waals surface area (Å²) in [5.41, 5.74) is -0.473. The van der Waals surface area contributed by atoms with Crippen molar-refractivity contribution in [1.82, 2.24) is 15.5 Å². The predicted molar refractivity (Wildman–Crippen MR) is 100 cm³/mol. The summed E-state index contributed by atoms with van der Waals surface area (Å²) in [7, 11) is 1.58. The lowest BCUT2D eigenvalue weighted by molar-refractivity contribution is -0.161. The van der Waals surface area contributed by atoms with Gasteiger partial charge in [-0.15, -0.1) is 0 Å². The van der Waals surface area contributed by atoms with E-state index in [0.717, 1.165) is 5.56 Å². The summed E-state index contributed by atoms with van der Waals surface area (Å²) >= 11 is 0. The number of likely N-dealkylation sites (tertiary alicyclic amines) is 1. The summed E-state index contributed by atoms with van der Waals surface area (Å²) in [6.07, 6.45) is 1.06. The molecule has 1 aromatic carbocycles. The van der Waals surface area contributed by atoms with Gasteiger partial charge < -0.3 is 15.5 Å². The molecule has 6 heteroatoms. The van der Waals surface area contributed by atoms with Crippen LogP contribution in [0.4, 0.5) is 0 Å². The van der Waals surface area contributed by atoms with Crippen molar-refractivity contribution in [2.24, 2.45) is 5.41 Å². The molecule has 142 valence electrons. The van der Waals surface area contributed by atoms with E-state index in [1.165, 1.54) is 0 Å². The monoisotopic (exact) mass is 359 g/mol. The lowest BCUT2D eigenvalue weighted by Crippen LogP contribution is -2.72. The molecule has 1 aliphatic rings. The highest BCUT2D eigenvalue weighted by atomic mass is 16.2. The number of carbonyl (C=O) groups is 3. The smallest absolute Gasteiger partial charge is 0.246 e. The van der Waals surface area contributed by atoms with Crippen molar-refractivity contribution in [3.63, 3.8) is 0 Å². The van der Waals surface area contributed by atoms with Gasteiger partial charge in [-0.05, 0) is 18.9 Å². The number of hydrogen-bond acceptors (Lipinski definition) is 3. The third-order valence-corrected chi connectivity index (χ3v) is 4.92. The van der Waals surface area contributed by atoms with E-state index in [-0.39, 0.29) is 17.7 Å². The van der Waals surface area contributed by atoms with Gasteiger partial charge in [0.2, 0.25) is 17.7 Å². The van der Waals surface area contributed by atoms with Gasteiger partial charge in [0, 0.05) is 25.4 Å². The number of hydrogen-bond donors (Lipinski definition) is 2. The van der Waals surface area contributed by atoms with Gasteiger partial charge in [0.05, 0.1) is 0 Å². The third-order valence-electron chi connectivity index (χ3n) is 4.92. The van der Waals surface area contributed by atoms with E-state index in [1.54, 1.807) is 39.6 Å². The second kappa shape index (κ2) is 7.48. The predicted octanol–water partition coefficient (Wildman–Crippen LogP) is 1.50. The molecule has 0 spiro atoms. The Labute approximate surface area is 155 Å². The van der Waals surface area contributed by atoms with Gasteiger partial charge in [-0.1, -0.05) is 51.1 Å². The van der Waals surface area contributed by atoms with Crippen molar-refractivity contribution in [2.75, 3.05) is 13.6 Å². The fourth-order valence-corrected chi connectivity index (χ4v) is 3.19. The van der Waals surface area contributed by atoms with E-state index in [9.17, 15) is 14.4 Å². The summed E-state index contributed by atoms with van der Waals surface area (Å²) in [6, 6.07) is 8.99. The Morgan fingerprint density at radius 3 is 2.27 bits per heavy atom. The zero-order chi connectivity index (χ0) is 19.5. The number of benzene rings is 1. The maximum atomic E-state index is 12.9. The summed E-state index contributed by atoms with van der Waals surface area (Å²) in [6.45, 7) is 7.57. The number of nitrogens with one attached hydrogen (secondary N) is 2. The van der Waals surface area contributed by atoms with Crippen LogP contribution in [0, 0.1) is 5.41 Å². The molecule has 0 unspecified atom stereocenters. The van der Waals surface area contributed by atoms with Crippen molar-refractivity contribution < 1.29 is 14.4 Å². The van der Waals surface area contributed by atoms with Crippen LogP contribution in [0.15, 0.2) is 30.3 Å². The minimum absolute atomic E-state index is 0.171. The molecule has 1 aliphatic heterocycles. The maximum absolute atomic E-state index is 12.9. The molecule has 1 fully saturated rings. The fourth-order valence-electron chi connectivity index (χ4n) is 3.19. The van der Waals surface area contributed by atoms with Crippen LogP contribution in [0.1, 0.15) is 39.7 Å². The Bertz CT molecular complexity index is 681. The van der Waals surface area contributed by atoms with E-state index in [1.807, 2.05) is 30.3 Å². The first-order chi connectivity index (χ1) is 12.1. The minimum atomic E-state index is -0.895. The van der Waals surface area contributed by atoms with Crippen LogP contribution < -0.4 is 10.6 Å². The van der Waals surface area contributed by atoms with Gasteiger partial charge in [0.25, 0.3) is 0 Å². The van der Waals surface area contributed by atoms with Gasteiger partial charge in [-0.3, -0.25) is 14.4 Å². The number of carbonyl (C=O) groups excluding carboxylic acids is 3. The molecule has 0 saturated carbocycles. The molecule has 2 atom stereocenters. The molecule has 1 saturated heterocycles. The second-order valence-corrected chi connectivity index (χ2v) is 7.96. The van der Waals surface area contributed by atoms with E-state index >= 15 is 0 Å². The number of nitrogens with zero attached hydrogens (tertiary/aromatic N) is 1. The first-order valence-corrected chi connectivity index (χ1v) is 9.00. The first-order valence-electron chi connectivity index (χ1n) is 9.00. The minimum Gasteiger partial charge on any atom is -0.357 e. The highest BCUT2D eigenvalue weighted by molar-refractivity contribution is 5.96. The van der Waals surface area contributed by atoms with Gasteiger partial charge in [0.15, 0.2) is 0 Å². The molecule has 0 radical (unpaired) electrons. The van der Waals surface area contributed by atoms with Crippen LogP contribution in [-0.4, -0.2) is 47.8 Å². The van der Waals surface area contributed by atoms with Crippen molar-refractivity contribution in [2.45, 2.75) is 52.1 Å². The maximum Gasteiger partial charge on any atom is 0.246 e. The van der Waals surface area contributed by atoms with Crippen LogP contribution in [0.25, 0.3) is 0 Å². The highest BCUT2D eigenvalue weighted by Gasteiger charge is 2.53. The molecule has 26 heavy (non-hydrogen) atoms. The average molecular weight is 359 g/mol. The van der Waals surface area contributed by atoms with Crippen molar-refractivity contribution in [3.05, 3.63) is 35.9 Å². The summed E-state index contributed by atoms with van der Waals surface area (Å²) in [5.74, 6) is -0.587. The largest absolute Gasteiger partial charge is 0.357 e. The molecule has 2 N–H and O–H groups in total. The molecular formula is C20H29N3O3. The van der Waals surface area contributed by atoms with Gasteiger partial charge in [0.1, 0.15) is 11.6 Å². The van der Waals surface area contributed by atoms with Crippen molar-refractivity contribution in [3.8, 4) is 0 Å². The fraction of sp³-hybridized carbons (Fsp3) is 0.550. The molecule has 6 nitrogen and oxygen atoms in total. The first kappa shape index (κ1) is 19.9. The van der Waals surface area contributed by atoms with Crippen molar-refractivity contribution in [1.29, 1.82) is 0 Å². The molecule has 0 aromatic heterocycles. The van der Waals surface area contributed by atoms with E-state index in [2.05, 4.69) is 10.6 Å². The molecule has 0 aliphatic carbocycles. The quantitative estimate of drug-likeness (QED) is 0.836. The lowest BCUT2D eigenvalue weighted by atomic mass is 9.77. The number of likely N-dealkylation sites (N-methyl/N-ethyl adjacent to an activating group) is 1. The molecule has 3 amide bonds. The summed E-state index contributed by atoms with van der Waals surface area (Å²) < 4.78 is 0. The molecule has 0 bridgehead atoms. The Balaban J connectivity index is 2.19. The Kier molecular flexibility index (Phi) is 5.74. The average Bonchev–Trinajstić information content (AvgIpc) is 2.57. The molecule has 1 aromatic rings. The van der Waals surface area contributed by atoms with Gasteiger partial charge >= 0.3 is 0 Å². The molecular weight excluding hydrogens is 330 g/mol. The summed E-state index contributed by atoms with van der Waals surface area (Å²) in [5, 5.41) is 5.46. The van der Waals surface area contributed by atoms with Crippen LogP contribution in [-0.2, 0) is 20.8 Å². The van der Waals surface area contributed by atoms with Gasteiger partial charge in [-0.2, -0.15) is 0 Å². The lowest BCUT2D eigenvalue weighted by Gasteiger charge is -2.52. The van der Waals surface area contributed by atoms with Crippen LogP contribution >= 0.6 is 0 Å². The Morgan fingerprint density at radius 1 is 1.19 bits per heavy atom. The number of rotatable bonds is 5. The van der Waals surface area contributed by atoms with E-state index in [4.69, 9.17) is 0 Å². The SMILES string of the molecule is CNC(=O)[C@]1(Cc2ccccc2)CCN1C(=O)[C@H](C)NC(=O)C(C)(C)C.